The Morgan fingerprint density at radius 2 is 2.29 bits per heavy atom. The molecular formula is C17H18N4O2S. The maximum Gasteiger partial charge on any atom is 0.251 e. The monoisotopic (exact) mass is 342 g/mol. The molecule has 0 aliphatic heterocycles. The van der Waals surface area contributed by atoms with Crippen LogP contribution in [0.2, 0.25) is 0 Å². The van der Waals surface area contributed by atoms with Crippen LogP contribution in [0.5, 0.6) is 0 Å². The molecule has 7 heteroatoms. The first-order chi connectivity index (χ1) is 11.6. The summed E-state index contributed by atoms with van der Waals surface area (Å²) in [6, 6.07) is 5.43. The second kappa shape index (κ2) is 5.99. The average molecular weight is 342 g/mol. The Bertz CT molecular complexity index is 881. The smallest absolute Gasteiger partial charge is 0.251 e. The molecular weight excluding hydrogens is 324 g/mol. The minimum Gasteiger partial charge on any atom is -0.393 e. The number of aryl methyl sites for hydroxylation is 1. The van der Waals surface area contributed by atoms with Crippen LogP contribution in [0.15, 0.2) is 36.1 Å². The molecule has 1 aliphatic rings. The highest BCUT2D eigenvalue weighted by Gasteiger charge is 2.36. The maximum absolute atomic E-state index is 12.7. The lowest BCUT2D eigenvalue weighted by atomic mass is 9.75. The summed E-state index contributed by atoms with van der Waals surface area (Å²) in [5, 5.41) is 16.9. The Balaban J connectivity index is 1.58. The Hall–Kier alpha value is -2.25. The van der Waals surface area contributed by atoms with E-state index in [1.807, 2.05) is 31.4 Å². The number of aromatic nitrogens is 3. The molecule has 2 aromatic heterocycles. The van der Waals surface area contributed by atoms with Gasteiger partial charge in [-0.1, -0.05) is 0 Å². The molecule has 6 nitrogen and oxygen atoms in total. The van der Waals surface area contributed by atoms with Crippen molar-refractivity contribution in [1.82, 2.24) is 20.1 Å². The van der Waals surface area contributed by atoms with Crippen LogP contribution >= 0.6 is 11.3 Å². The van der Waals surface area contributed by atoms with E-state index < -0.39 is 0 Å². The molecule has 2 heterocycles. The standard InChI is InChI=1S/C17H18N4O2S/c1-21-8-12(7-19-21)16(11-4-13(22)5-11)20-17(23)10-2-3-15-14(6-10)18-9-24-15/h2-3,6-9,11,13,16,22H,4-5H2,1H3,(H,20,23). The van der Waals surface area contributed by atoms with Crippen molar-refractivity contribution in [2.75, 3.05) is 0 Å². The molecule has 1 unspecified atom stereocenters. The van der Waals surface area contributed by atoms with Gasteiger partial charge in [-0.05, 0) is 37.0 Å². The number of fused-ring (bicyclic) bond motifs is 1. The molecule has 1 aromatic carbocycles. The van der Waals surface area contributed by atoms with Crippen LogP contribution in [0.1, 0.15) is 34.8 Å². The number of thiazole rings is 1. The number of benzene rings is 1. The van der Waals surface area contributed by atoms with Crippen molar-refractivity contribution in [3.8, 4) is 0 Å². The molecule has 24 heavy (non-hydrogen) atoms. The first-order valence-electron chi connectivity index (χ1n) is 7.91. The van der Waals surface area contributed by atoms with Crippen molar-refractivity contribution in [3.63, 3.8) is 0 Å². The Labute approximate surface area is 143 Å². The second-order valence-corrected chi connectivity index (χ2v) is 7.20. The Kier molecular flexibility index (Phi) is 3.82. The lowest BCUT2D eigenvalue weighted by Gasteiger charge is -2.37. The zero-order chi connectivity index (χ0) is 16.7. The van der Waals surface area contributed by atoms with E-state index >= 15 is 0 Å². The largest absolute Gasteiger partial charge is 0.393 e. The summed E-state index contributed by atoms with van der Waals surface area (Å²) in [6.07, 6.45) is 4.83. The van der Waals surface area contributed by atoms with Gasteiger partial charge in [0, 0.05) is 24.4 Å². The quantitative estimate of drug-likeness (QED) is 0.762. The Morgan fingerprint density at radius 3 is 3.00 bits per heavy atom. The zero-order valence-electron chi connectivity index (χ0n) is 13.2. The molecule has 0 saturated heterocycles. The predicted octanol–water partition coefficient (Wildman–Crippen LogP) is 2.27. The van der Waals surface area contributed by atoms with Crippen LogP contribution in [0.4, 0.5) is 0 Å². The van der Waals surface area contributed by atoms with E-state index in [0.29, 0.717) is 18.4 Å². The van der Waals surface area contributed by atoms with Crippen LogP contribution < -0.4 is 5.32 Å². The number of hydrogen-bond donors (Lipinski definition) is 2. The maximum atomic E-state index is 12.7. The SMILES string of the molecule is Cn1cc(C(NC(=O)c2ccc3scnc3c2)C2CC(O)C2)cn1. The van der Waals surface area contributed by atoms with Gasteiger partial charge in [-0.15, -0.1) is 11.3 Å². The third-order valence-corrected chi connectivity index (χ3v) is 5.39. The van der Waals surface area contributed by atoms with Gasteiger partial charge >= 0.3 is 0 Å². The third kappa shape index (κ3) is 2.81. The first kappa shape index (κ1) is 15.3. The fourth-order valence-corrected chi connectivity index (χ4v) is 3.86. The van der Waals surface area contributed by atoms with E-state index in [1.165, 1.54) is 0 Å². The normalized spacial score (nSPS) is 21.4. The minimum absolute atomic E-state index is 0.125. The summed E-state index contributed by atoms with van der Waals surface area (Å²) in [5.41, 5.74) is 4.19. The number of rotatable bonds is 4. The average Bonchev–Trinajstić information content (AvgIpc) is 3.17. The van der Waals surface area contributed by atoms with Crippen molar-refractivity contribution in [1.29, 1.82) is 0 Å². The summed E-state index contributed by atoms with van der Waals surface area (Å²) in [5.74, 6) is 0.108. The molecule has 1 saturated carbocycles. The summed E-state index contributed by atoms with van der Waals surface area (Å²) in [4.78, 5) is 17.0. The molecule has 0 spiro atoms. The minimum atomic E-state index is -0.266. The topological polar surface area (TPSA) is 80.0 Å². The molecule has 1 aliphatic carbocycles. The lowest BCUT2D eigenvalue weighted by molar-refractivity contribution is 0.0235. The van der Waals surface area contributed by atoms with Crippen LogP contribution in [-0.4, -0.2) is 31.9 Å². The van der Waals surface area contributed by atoms with Crippen molar-refractivity contribution in [2.45, 2.75) is 25.0 Å². The molecule has 124 valence electrons. The highest BCUT2D eigenvalue weighted by atomic mass is 32.1. The van der Waals surface area contributed by atoms with Crippen LogP contribution in [-0.2, 0) is 7.05 Å². The van der Waals surface area contributed by atoms with E-state index in [4.69, 9.17) is 0 Å². The van der Waals surface area contributed by atoms with Crippen LogP contribution in [0.3, 0.4) is 0 Å². The molecule has 1 atom stereocenters. The fraction of sp³-hybridized carbons (Fsp3) is 0.353. The molecule has 0 bridgehead atoms. The van der Waals surface area contributed by atoms with Gasteiger partial charge in [0.15, 0.2) is 0 Å². The molecule has 1 fully saturated rings. The fourth-order valence-electron chi connectivity index (χ4n) is 3.20. The highest BCUT2D eigenvalue weighted by Crippen LogP contribution is 2.38. The van der Waals surface area contributed by atoms with E-state index in [2.05, 4.69) is 15.4 Å². The number of aliphatic hydroxyl groups excluding tert-OH is 1. The van der Waals surface area contributed by atoms with Crippen LogP contribution in [0, 0.1) is 5.92 Å². The van der Waals surface area contributed by atoms with Gasteiger partial charge in [-0.3, -0.25) is 9.48 Å². The molecule has 1 amide bonds. The van der Waals surface area contributed by atoms with Crippen molar-refractivity contribution >= 4 is 27.5 Å². The first-order valence-corrected chi connectivity index (χ1v) is 8.79. The van der Waals surface area contributed by atoms with Crippen molar-refractivity contribution in [2.24, 2.45) is 13.0 Å². The number of hydrogen-bond acceptors (Lipinski definition) is 5. The molecule has 2 N–H and O–H groups in total. The molecule has 0 radical (unpaired) electrons. The number of amides is 1. The van der Waals surface area contributed by atoms with Gasteiger partial charge < -0.3 is 10.4 Å². The number of carbonyl (C=O) groups excluding carboxylic acids is 1. The zero-order valence-corrected chi connectivity index (χ0v) is 14.0. The summed E-state index contributed by atoms with van der Waals surface area (Å²) < 4.78 is 2.79. The summed E-state index contributed by atoms with van der Waals surface area (Å²) >= 11 is 1.56. The number of aliphatic hydroxyl groups is 1. The van der Waals surface area contributed by atoms with Gasteiger partial charge in [0.25, 0.3) is 5.91 Å². The van der Waals surface area contributed by atoms with Crippen molar-refractivity contribution < 1.29 is 9.90 Å². The van der Waals surface area contributed by atoms with E-state index in [9.17, 15) is 9.90 Å². The highest BCUT2D eigenvalue weighted by molar-refractivity contribution is 7.16. The van der Waals surface area contributed by atoms with Crippen LogP contribution in [0.25, 0.3) is 10.2 Å². The number of carbonyl (C=O) groups is 1. The van der Waals surface area contributed by atoms with Gasteiger partial charge in [-0.2, -0.15) is 5.10 Å². The summed E-state index contributed by atoms with van der Waals surface area (Å²) in [7, 11) is 1.86. The Morgan fingerprint density at radius 1 is 1.46 bits per heavy atom. The predicted molar refractivity (Wildman–Crippen MR) is 91.8 cm³/mol. The molecule has 4 rings (SSSR count). The number of nitrogens with one attached hydrogen (secondary N) is 1. The van der Waals surface area contributed by atoms with Gasteiger partial charge in [0.2, 0.25) is 0 Å². The van der Waals surface area contributed by atoms with Gasteiger partial charge in [-0.25, -0.2) is 4.98 Å². The third-order valence-electron chi connectivity index (χ3n) is 4.58. The second-order valence-electron chi connectivity index (χ2n) is 6.32. The van der Waals surface area contributed by atoms with Gasteiger partial charge in [0.05, 0.1) is 34.1 Å². The summed E-state index contributed by atoms with van der Waals surface area (Å²) in [6.45, 7) is 0. The van der Waals surface area contributed by atoms with E-state index in [-0.39, 0.29) is 24.0 Å². The van der Waals surface area contributed by atoms with E-state index in [1.54, 1.807) is 27.7 Å². The van der Waals surface area contributed by atoms with Crippen molar-refractivity contribution in [3.05, 3.63) is 47.2 Å². The molecule has 3 aromatic rings. The van der Waals surface area contributed by atoms with E-state index in [0.717, 1.165) is 15.8 Å². The lowest BCUT2D eigenvalue weighted by Crippen LogP contribution is -2.41. The van der Waals surface area contributed by atoms with Gasteiger partial charge in [0.1, 0.15) is 0 Å². The number of nitrogens with zero attached hydrogens (tertiary/aromatic N) is 3.